The first-order chi connectivity index (χ1) is 9.58. The smallest absolute Gasteiger partial charge is 0.271 e. The Bertz CT molecular complexity index is 685. The fourth-order valence-corrected chi connectivity index (χ4v) is 4.40. The number of carbonyl (C=O) groups is 1. The molecule has 2 N–H and O–H groups in total. The van der Waals surface area contributed by atoms with Crippen LogP contribution in [0.5, 0.6) is 0 Å². The van der Waals surface area contributed by atoms with Gasteiger partial charge in [0.2, 0.25) is 5.91 Å². The van der Waals surface area contributed by atoms with E-state index in [1.165, 1.54) is 11.8 Å². The number of thiophene rings is 1. The van der Waals surface area contributed by atoms with Gasteiger partial charge in [0.25, 0.3) is 5.56 Å². The predicted molar refractivity (Wildman–Crippen MR) is 82.7 cm³/mol. The van der Waals surface area contributed by atoms with Gasteiger partial charge < -0.3 is 5.32 Å². The van der Waals surface area contributed by atoms with Crippen LogP contribution >= 0.6 is 23.1 Å². The van der Waals surface area contributed by atoms with E-state index in [1.807, 2.05) is 31.4 Å². The van der Waals surface area contributed by atoms with Crippen molar-refractivity contribution in [1.29, 1.82) is 0 Å². The Labute approximate surface area is 124 Å². The zero-order chi connectivity index (χ0) is 14.3. The molecule has 7 heteroatoms. The average molecular weight is 309 g/mol. The molecule has 0 radical (unpaired) electrons. The van der Waals surface area contributed by atoms with Gasteiger partial charge in [0, 0.05) is 10.9 Å². The summed E-state index contributed by atoms with van der Waals surface area (Å²) < 4.78 is 1.74. The van der Waals surface area contributed by atoms with Crippen molar-refractivity contribution in [1.82, 2.24) is 9.78 Å². The zero-order valence-electron chi connectivity index (χ0n) is 11.2. The molecule has 1 amide bonds. The van der Waals surface area contributed by atoms with E-state index >= 15 is 0 Å². The zero-order valence-corrected chi connectivity index (χ0v) is 12.8. The number of nitrogens with one attached hydrogen (secondary N) is 2. The van der Waals surface area contributed by atoms with Gasteiger partial charge in [0.05, 0.1) is 16.6 Å². The maximum absolute atomic E-state index is 12.3. The molecule has 1 atom stereocenters. The van der Waals surface area contributed by atoms with Crippen molar-refractivity contribution in [3.63, 3.8) is 0 Å². The molecule has 0 spiro atoms. The molecule has 0 bridgehead atoms. The topological polar surface area (TPSA) is 66.9 Å². The monoisotopic (exact) mass is 309 g/mol. The summed E-state index contributed by atoms with van der Waals surface area (Å²) >= 11 is 3.10. The van der Waals surface area contributed by atoms with E-state index in [2.05, 4.69) is 10.4 Å². The Balaban J connectivity index is 2.19. The third kappa shape index (κ3) is 2.20. The Kier molecular flexibility index (Phi) is 3.47. The van der Waals surface area contributed by atoms with Crippen LogP contribution < -0.4 is 10.9 Å². The number of thioether (sulfide) groups is 1. The second-order valence-electron chi connectivity index (χ2n) is 4.92. The summed E-state index contributed by atoms with van der Waals surface area (Å²) in [4.78, 5) is 25.3. The molecule has 1 aliphatic heterocycles. The molecule has 0 unspecified atom stereocenters. The van der Waals surface area contributed by atoms with E-state index in [4.69, 9.17) is 0 Å². The maximum atomic E-state index is 12.3. The standard InChI is InChI=1S/C13H15N3O2S2/c1-7(2)16-12-10(13(18)15-16)11(8-4-3-5-19-8)20-6-9(17)14-12/h3-5,7,11H,6H2,1-2H3,(H,14,17)(H,15,18)/t11-/m1/s1. The highest BCUT2D eigenvalue weighted by Gasteiger charge is 2.31. The van der Waals surface area contributed by atoms with Gasteiger partial charge in [-0.05, 0) is 25.3 Å². The van der Waals surface area contributed by atoms with Gasteiger partial charge >= 0.3 is 0 Å². The number of nitrogens with zero attached hydrogens (tertiary/aromatic N) is 1. The molecule has 3 heterocycles. The van der Waals surface area contributed by atoms with E-state index < -0.39 is 0 Å². The summed E-state index contributed by atoms with van der Waals surface area (Å²) in [6.45, 7) is 3.95. The Morgan fingerprint density at radius 3 is 2.85 bits per heavy atom. The van der Waals surface area contributed by atoms with Crippen LogP contribution in [0.2, 0.25) is 0 Å². The minimum atomic E-state index is -0.123. The van der Waals surface area contributed by atoms with Crippen LogP contribution in [0.3, 0.4) is 0 Å². The number of amides is 1. The largest absolute Gasteiger partial charge is 0.310 e. The van der Waals surface area contributed by atoms with Crippen molar-refractivity contribution in [2.45, 2.75) is 25.1 Å². The second-order valence-corrected chi connectivity index (χ2v) is 6.99. The molecule has 2 aromatic rings. The Morgan fingerprint density at radius 1 is 1.40 bits per heavy atom. The van der Waals surface area contributed by atoms with Crippen molar-refractivity contribution in [2.75, 3.05) is 11.1 Å². The van der Waals surface area contributed by atoms with Crippen molar-refractivity contribution in [3.05, 3.63) is 38.3 Å². The molecule has 0 aromatic carbocycles. The highest BCUT2D eigenvalue weighted by molar-refractivity contribution is 8.00. The molecule has 0 aliphatic carbocycles. The van der Waals surface area contributed by atoms with Crippen LogP contribution in [0.4, 0.5) is 5.82 Å². The van der Waals surface area contributed by atoms with Crippen molar-refractivity contribution in [3.8, 4) is 0 Å². The van der Waals surface area contributed by atoms with Crippen LogP contribution in [-0.2, 0) is 4.79 Å². The number of hydrogen-bond acceptors (Lipinski definition) is 4. The summed E-state index contributed by atoms with van der Waals surface area (Å²) in [6, 6.07) is 4.06. The Morgan fingerprint density at radius 2 is 2.20 bits per heavy atom. The quantitative estimate of drug-likeness (QED) is 0.896. The van der Waals surface area contributed by atoms with Crippen molar-refractivity contribution >= 4 is 34.8 Å². The van der Waals surface area contributed by atoms with Crippen molar-refractivity contribution < 1.29 is 4.79 Å². The minimum Gasteiger partial charge on any atom is -0.310 e. The molecule has 20 heavy (non-hydrogen) atoms. The third-order valence-corrected chi connectivity index (χ3v) is 5.52. The molecule has 0 saturated heterocycles. The lowest BCUT2D eigenvalue weighted by atomic mass is 10.2. The van der Waals surface area contributed by atoms with Crippen molar-refractivity contribution in [2.24, 2.45) is 0 Å². The SMILES string of the molecule is CC(C)n1[nH]c(=O)c2c1NC(=O)CS[C@@H]2c1cccs1. The number of anilines is 1. The number of hydrogen-bond donors (Lipinski definition) is 2. The number of carbonyl (C=O) groups excluding carboxylic acids is 1. The summed E-state index contributed by atoms with van der Waals surface area (Å²) in [6.07, 6.45) is 0. The average Bonchev–Trinajstić information content (AvgIpc) is 2.97. The number of fused-ring (bicyclic) bond motifs is 1. The fraction of sp³-hybridized carbons (Fsp3) is 0.385. The lowest BCUT2D eigenvalue weighted by molar-refractivity contribution is -0.113. The number of rotatable bonds is 2. The molecular formula is C13H15N3O2S2. The summed E-state index contributed by atoms with van der Waals surface area (Å²) in [5.41, 5.74) is 0.527. The van der Waals surface area contributed by atoms with Gasteiger partial charge in [-0.25, -0.2) is 0 Å². The number of H-pyrrole nitrogens is 1. The van der Waals surface area contributed by atoms with Gasteiger partial charge in [-0.1, -0.05) is 6.07 Å². The third-order valence-electron chi connectivity index (χ3n) is 3.18. The molecule has 2 aromatic heterocycles. The highest BCUT2D eigenvalue weighted by Crippen LogP contribution is 2.41. The highest BCUT2D eigenvalue weighted by atomic mass is 32.2. The number of aromatic amines is 1. The van der Waals surface area contributed by atoms with Gasteiger partial charge in [0.1, 0.15) is 5.82 Å². The first-order valence-electron chi connectivity index (χ1n) is 6.37. The Hall–Kier alpha value is -1.47. The molecule has 106 valence electrons. The fourth-order valence-electron chi connectivity index (χ4n) is 2.30. The molecule has 5 nitrogen and oxygen atoms in total. The predicted octanol–water partition coefficient (Wildman–Crippen LogP) is 2.59. The molecular weight excluding hydrogens is 294 g/mol. The lowest BCUT2D eigenvalue weighted by Crippen LogP contribution is -2.17. The minimum absolute atomic E-state index is 0.0660. The van der Waals surface area contributed by atoms with E-state index in [0.29, 0.717) is 17.1 Å². The first kappa shape index (κ1) is 13.5. The van der Waals surface area contributed by atoms with Crippen LogP contribution in [0.15, 0.2) is 22.3 Å². The lowest BCUT2D eigenvalue weighted by Gasteiger charge is -2.13. The van der Waals surface area contributed by atoms with E-state index in [9.17, 15) is 9.59 Å². The van der Waals surface area contributed by atoms with Crippen LogP contribution in [0, 0.1) is 0 Å². The summed E-state index contributed by atoms with van der Waals surface area (Å²) in [5.74, 6) is 0.900. The molecule has 3 rings (SSSR count). The number of aromatic nitrogens is 2. The molecule has 0 fully saturated rings. The van der Waals surface area contributed by atoms with Crippen LogP contribution in [-0.4, -0.2) is 21.4 Å². The molecule has 1 aliphatic rings. The second kappa shape index (κ2) is 5.14. The molecule has 0 saturated carbocycles. The van der Waals surface area contributed by atoms with Gasteiger partial charge in [0.15, 0.2) is 0 Å². The van der Waals surface area contributed by atoms with E-state index in [-0.39, 0.29) is 22.8 Å². The van der Waals surface area contributed by atoms with Crippen LogP contribution in [0.25, 0.3) is 0 Å². The summed E-state index contributed by atoms with van der Waals surface area (Å²) in [7, 11) is 0. The normalized spacial score (nSPS) is 18.8. The van der Waals surface area contributed by atoms with Crippen LogP contribution in [0.1, 0.15) is 35.6 Å². The van der Waals surface area contributed by atoms with E-state index in [0.717, 1.165) is 4.88 Å². The van der Waals surface area contributed by atoms with Gasteiger partial charge in [-0.2, -0.15) is 0 Å². The first-order valence-corrected chi connectivity index (χ1v) is 8.30. The van der Waals surface area contributed by atoms with Gasteiger partial charge in [-0.3, -0.25) is 19.4 Å². The summed E-state index contributed by atoms with van der Waals surface area (Å²) in [5, 5.41) is 7.59. The van der Waals surface area contributed by atoms with E-state index in [1.54, 1.807) is 16.0 Å². The van der Waals surface area contributed by atoms with Gasteiger partial charge in [-0.15, -0.1) is 23.1 Å². The maximum Gasteiger partial charge on any atom is 0.271 e.